The molecule has 1 aliphatic heterocycles. The van der Waals surface area contributed by atoms with E-state index in [1.54, 1.807) is 12.1 Å². The minimum atomic E-state index is -0.712. The first-order valence-electron chi connectivity index (χ1n) is 10.9. The zero-order valence-corrected chi connectivity index (χ0v) is 18.8. The molecule has 0 spiro atoms. The number of nitrogens with zero attached hydrogens (tertiary/aromatic N) is 1. The molecule has 0 fully saturated rings. The van der Waals surface area contributed by atoms with Crippen molar-refractivity contribution in [3.05, 3.63) is 58.7 Å². The van der Waals surface area contributed by atoms with Gasteiger partial charge in [0.05, 0.1) is 12.6 Å². The molecule has 1 heterocycles. The molecule has 166 valence electrons. The molecule has 0 radical (unpaired) electrons. The highest BCUT2D eigenvalue weighted by Crippen LogP contribution is 2.28. The van der Waals surface area contributed by atoms with Crippen molar-refractivity contribution in [2.24, 2.45) is 11.7 Å². The molecule has 0 aromatic heterocycles. The monoisotopic (exact) mass is 424 g/mol. The van der Waals surface area contributed by atoms with E-state index in [1.165, 1.54) is 5.56 Å². The lowest BCUT2D eigenvalue weighted by Crippen LogP contribution is -2.47. The summed E-state index contributed by atoms with van der Waals surface area (Å²) in [5.74, 6) is 0.602. The fourth-order valence-electron chi connectivity index (χ4n) is 3.96. The van der Waals surface area contributed by atoms with Gasteiger partial charge in [-0.25, -0.2) is 4.79 Å². The van der Waals surface area contributed by atoms with Gasteiger partial charge in [-0.3, -0.25) is 4.79 Å². The quantitative estimate of drug-likeness (QED) is 0.552. The predicted molar refractivity (Wildman–Crippen MR) is 122 cm³/mol. The number of nitrogens with two attached hydrogens (primary N) is 1. The van der Waals surface area contributed by atoms with Gasteiger partial charge in [0.25, 0.3) is 0 Å². The van der Waals surface area contributed by atoms with Crippen LogP contribution in [-0.2, 0) is 22.4 Å². The summed E-state index contributed by atoms with van der Waals surface area (Å²) < 4.78 is 10.4. The van der Waals surface area contributed by atoms with Crippen LogP contribution in [0.1, 0.15) is 42.5 Å². The van der Waals surface area contributed by atoms with Gasteiger partial charge in [-0.05, 0) is 79.5 Å². The number of benzene rings is 2. The maximum Gasteiger partial charge on any atom is 0.513 e. The third-order valence-corrected chi connectivity index (χ3v) is 5.52. The highest BCUT2D eigenvalue weighted by Gasteiger charge is 2.27. The molecule has 0 aliphatic carbocycles. The largest absolute Gasteiger partial charge is 0.513 e. The van der Waals surface area contributed by atoms with Crippen molar-refractivity contribution in [3.63, 3.8) is 0 Å². The summed E-state index contributed by atoms with van der Waals surface area (Å²) in [7, 11) is 0. The molecule has 1 atom stereocenters. The summed E-state index contributed by atoms with van der Waals surface area (Å²) in [6.45, 7) is 8.79. The molecule has 1 aliphatic rings. The van der Waals surface area contributed by atoms with E-state index >= 15 is 0 Å². The van der Waals surface area contributed by atoms with Crippen molar-refractivity contribution in [2.75, 3.05) is 18.1 Å². The molecule has 0 unspecified atom stereocenters. The molecule has 31 heavy (non-hydrogen) atoms. The average Bonchev–Trinajstić information content (AvgIpc) is 2.73. The van der Waals surface area contributed by atoms with Crippen molar-refractivity contribution >= 4 is 17.7 Å². The lowest BCUT2D eigenvalue weighted by atomic mass is 9.94. The molecule has 2 aromatic carbocycles. The van der Waals surface area contributed by atoms with Gasteiger partial charge in [-0.15, -0.1) is 0 Å². The Kier molecular flexibility index (Phi) is 7.33. The highest BCUT2D eigenvalue weighted by atomic mass is 16.7. The smallest absolute Gasteiger partial charge is 0.434 e. The van der Waals surface area contributed by atoms with E-state index in [-0.39, 0.29) is 11.8 Å². The Morgan fingerprint density at radius 3 is 2.48 bits per heavy atom. The number of carbonyl (C=O) groups is 2. The highest BCUT2D eigenvalue weighted by molar-refractivity contribution is 5.98. The number of amides is 1. The first-order chi connectivity index (χ1) is 14.8. The van der Waals surface area contributed by atoms with E-state index in [0.717, 1.165) is 35.2 Å². The Morgan fingerprint density at radius 2 is 1.81 bits per heavy atom. The van der Waals surface area contributed by atoms with Crippen LogP contribution in [-0.4, -0.2) is 31.3 Å². The van der Waals surface area contributed by atoms with Crippen LogP contribution in [0.2, 0.25) is 0 Å². The van der Waals surface area contributed by atoms with Gasteiger partial charge >= 0.3 is 6.16 Å². The van der Waals surface area contributed by atoms with Gasteiger partial charge in [0, 0.05) is 12.2 Å². The van der Waals surface area contributed by atoms with Crippen LogP contribution in [0.3, 0.4) is 0 Å². The summed E-state index contributed by atoms with van der Waals surface area (Å²) in [5, 5.41) is 0. The van der Waals surface area contributed by atoms with Crippen molar-refractivity contribution in [3.8, 4) is 5.75 Å². The van der Waals surface area contributed by atoms with Gasteiger partial charge in [-0.1, -0.05) is 32.0 Å². The third kappa shape index (κ3) is 5.64. The van der Waals surface area contributed by atoms with E-state index in [4.69, 9.17) is 15.2 Å². The van der Waals surface area contributed by atoms with Crippen LogP contribution >= 0.6 is 0 Å². The van der Waals surface area contributed by atoms with E-state index in [9.17, 15) is 9.59 Å². The van der Waals surface area contributed by atoms with E-state index in [2.05, 4.69) is 6.07 Å². The van der Waals surface area contributed by atoms with Gasteiger partial charge in [0.1, 0.15) is 5.75 Å². The van der Waals surface area contributed by atoms with Crippen molar-refractivity contribution < 1.29 is 19.1 Å². The Hall–Kier alpha value is -2.86. The van der Waals surface area contributed by atoms with Crippen LogP contribution in [0.15, 0.2) is 36.4 Å². The van der Waals surface area contributed by atoms with E-state index in [1.807, 2.05) is 50.8 Å². The summed E-state index contributed by atoms with van der Waals surface area (Å²) in [6.07, 6.45) is 1.63. The number of ether oxygens (including phenoxy) is 2. The van der Waals surface area contributed by atoms with Crippen molar-refractivity contribution in [1.29, 1.82) is 0 Å². The number of para-hydroxylation sites is 1. The topological polar surface area (TPSA) is 81.9 Å². The van der Waals surface area contributed by atoms with Gasteiger partial charge in [-0.2, -0.15) is 0 Å². The zero-order chi connectivity index (χ0) is 22.5. The second-order valence-electron chi connectivity index (χ2n) is 8.63. The number of anilines is 1. The van der Waals surface area contributed by atoms with Gasteiger partial charge in [0.15, 0.2) is 0 Å². The van der Waals surface area contributed by atoms with Crippen LogP contribution in [0.25, 0.3) is 0 Å². The molecule has 0 bridgehead atoms. The maximum absolute atomic E-state index is 13.1. The van der Waals surface area contributed by atoms with Crippen LogP contribution < -0.4 is 15.4 Å². The lowest BCUT2D eigenvalue weighted by Gasteiger charge is -2.31. The predicted octanol–water partition coefficient (Wildman–Crippen LogP) is 4.32. The summed E-state index contributed by atoms with van der Waals surface area (Å²) >= 11 is 0. The van der Waals surface area contributed by atoms with Crippen LogP contribution in [0, 0.1) is 19.8 Å². The number of rotatable bonds is 6. The zero-order valence-electron chi connectivity index (χ0n) is 18.8. The van der Waals surface area contributed by atoms with Crippen LogP contribution in [0.4, 0.5) is 10.5 Å². The molecular formula is C25H32N2O4. The SMILES string of the molecule is Cc1cc(OC(=O)OCC(C)C)cc(C)c1C[C@H](N)C(=O)N1CCCc2ccccc21. The minimum absolute atomic E-state index is 0.0662. The number of hydrogen-bond acceptors (Lipinski definition) is 5. The Bertz CT molecular complexity index is 931. The second kappa shape index (κ2) is 9.96. The number of hydrogen-bond donors (Lipinski definition) is 1. The maximum atomic E-state index is 13.1. The van der Waals surface area contributed by atoms with E-state index in [0.29, 0.717) is 25.3 Å². The minimum Gasteiger partial charge on any atom is -0.434 e. The normalized spacial score (nSPS) is 14.2. The lowest BCUT2D eigenvalue weighted by molar-refractivity contribution is -0.119. The number of aryl methyl sites for hydroxylation is 3. The molecule has 0 saturated heterocycles. The number of carbonyl (C=O) groups excluding carboxylic acids is 2. The van der Waals surface area contributed by atoms with Gasteiger partial charge < -0.3 is 20.1 Å². The molecule has 1 amide bonds. The first-order valence-corrected chi connectivity index (χ1v) is 10.9. The summed E-state index contributed by atoms with van der Waals surface area (Å²) in [6, 6.07) is 10.9. The Morgan fingerprint density at radius 1 is 1.13 bits per heavy atom. The second-order valence-corrected chi connectivity index (χ2v) is 8.63. The molecule has 2 aromatic rings. The Balaban J connectivity index is 1.69. The number of fused-ring (bicyclic) bond motifs is 1. The molecule has 3 rings (SSSR count). The summed E-state index contributed by atoms with van der Waals surface area (Å²) in [5.41, 5.74) is 11.4. The van der Waals surface area contributed by atoms with E-state index < -0.39 is 12.2 Å². The van der Waals surface area contributed by atoms with Crippen molar-refractivity contribution in [1.82, 2.24) is 0 Å². The van der Waals surface area contributed by atoms with Gasteiger partial charge in [0.2, 0.25) is 5.91 Å². The molecule has 6 heteroatoms. The molecule has 2 N–H and O–H groups in total. The molecule has 0 saturated carbocycles. The Labute approximate surface area is 184 Å². The van der Waals surface area contributed by atoms with Crippen molar-refractivity contribution in [2.45, 2.75) is 53.0 Å². The van der Waals surface area contributed by atoms with Crippen LogP contribution in [0.5, 0.6) is 5.75 Å². The third-order valence-electron chi connectivity index (χ3n) is 5.52. The molecule has 6 nitrogen and oxygen atoms in total. The fraction of sp³-hybridized carbons (Fsp3) is 0.440. The fourth-order valence-corrected chi connectivity index (χ4v) is 3.96. The standard InChI is InChI=1S/C25H32N2O4/c1-16(2)15-30-25(29)31-20-12-17(3)21(18(4)13-20)14-22(26)24(28)27-11-7-9-19-8-5-6-10-23(19)27/h5-6,8,10,12-13,16,22H,7,9,11,14-15,26H2,1-4H3/t22-/m0/s1. The first kappa shape index (κ1) is 22.8. The molecular weight excluding hydrogens is 392 g/mol. The average molecular weight is 425 g/mol. The summed E-state index contributed by atoms with van der Waals surface area (Å²) in [4.78, 5) is 26.8.